The van der Waals surface area contributed by atoms with Crippen LogP contribution in [0.2, 0.25) is 0 Å². The van der Waals surface area contributed by atoms with Crippen molar-refractivity contribution in [3.63, 3.8) is 0 Å². The number of rotatable bonds is 10. The Morgan fingerprint density at radius 3 is 2.61 bits per heavy atom. The number of anilines is 2. The van der Waals surface area contributed by atoms with Crippen molar-refractivity contribution in [2.75, 3.05) is 44.5 Å². The third-order valence-corrected chi connectivity index (χ3v) is 5.14. The highest BCUT2D eigenvalue weighted by atomic mass is 16.5. The Labute approximate surface area is 183 Å². The van der Waals surface area contributed by atoms with Gasteiger partial charge in [-0.2, -0.15) is 0 Å². The predicted octanol–water partition coefficient (Wildman–Crippen LogP) is 3.32. The second-order valence-corrected chi connectivity index (χ2v) is 7.83. The Balaban J connectivity index is 1.45. The lowest BCUT2D eigenvalue weighted by Crippen LogP contribution is -2.23. The van der Waals surface area contributed by atoms with Crippen LogP contribution in [0.1, 0.15) is 24.8 Å². The number of ether oxygens (including phenoxy) is 2. The molecule has 7 heteroatoms. The van der Waals surface area contributed by atoms with E-state index >= 15 is 0 Å². The summed E-state index contributed by atoms with van der Waals surface area (Å²) in [6, 6.07) is 15.2. The molecule has 3 rings (SSSR count). The quantitative estimate of drug-likeness (QED) is 0.611. The van der Waals surface area contributed by atoms with Crippen LogP contribution in [0.3, 0.4) is 0 Å². The van der Waals surface area contributed by atoms with Crippen LogP contribution in [0.25, 0.3) is 0 Å². The number of amides is 2. The number of benzene rings is 2. The lowest BCUT2D eigenvalue weighted by atomic mass is 10.1. The van der Waals surface area contributed by atoms with Gasteiger partial charge in [-0.15, -0.1) is 0 Å². The molecule has 0 bridgehead atoms. The van der Waals surface area contributed by atoms with Crippen molar-refractivity contribution in [1.29, 1.82) is 0 Å². The summed E-state index contributed by atoms with van der Waals surface area (Å²) in [5, 5.41) is 6.02. The van der Waals surface area contributed by atoms with Gasteiger partial charge in [0, 0.05) is 32.8 Å². The van der Waals surface area contributed by atoms with Crippen LogP contribution in [-0.4, -0.2) is 56.7 Å². The fraction of sp³-hybridized carbons (Fsp3) is 0.417. The minimum Gasteiger partial charge on any atom is -0.489 e. The molecule has 1 unspecified atom stereocenters. The third-order valence-electron chi connectivity index (χ3n) is 5.14. The fourth-order valence-corrected chi connectivity index (χ4v) is 3.30. The number of carbonyl (C=O) groups excluding carboxylic acids is 2. The predicted molar refractivity (Wildman–Crippen MR) is 121 cm³/mol. The van der Waals surface area contributed by atoms with Crippen molar-refractivity contribution < 1.29 is 19.1 Å². The van der Waals surface area contributed by atoms with Gasteiger partial charge in [0.1, 0.15) is 12.4 Å². The topological polar surface area (TPSA) is 79.9 Å². The standard InChI is InChI=1S/C24H31N3O4/c1-27(2)24(29)14-11-18-9-12-19(13-10-18)25-16-23(28)26-21-7-3-4-8-22(21)31-17-20-6-5-15-30-20/h3-4,7-10,12-13,20,25H,5-6,11,14-17H2,1-2H3,(H,26,28). The molecule has 7 nitrogen and oxygen atoms in total. The molecule has 2 amide bonds. The van der Waals surface area contributed by atoms with Gasteiger partial charge in [-0.25, -0.2) is 0 Å². The van der Waals surface area contributed by atoms with E-state index in [9.17, 15) is 9.59 Å². The van der Waals surface area contributed by atoms with E-state index in [-0.39, 0.29) is 24.5 Å². The molecule has 2 aromatic rings. The highest BCUT2D eigenvalue weighted by Gasteiger charge is 2.17. The minimum atomic E-state index is -0.158. The van der Waals surface area contributed by atoms with E-state index < -0.39 is 0 Å². The molecule has 0 aromatic heterocycles. The van der Waals surface area contributed by atoms with Crippen molar-refractivity contribution in [2.45, 2.75) is 31.8 Å². The van der Waals surface area contributed by atoms with Crippen LogP contribution in [0, 0.1) is 0 Å². The molecule has 1 saturated heterocycles. The first kappa shape index (κ1) is 22.6. The third kappa shape index (κ3) is 7.29. The van der Waals surface area contributed by atoms with E-state index in [1.807, 2.05) is 48.5 Å². The second kappa shape index (κ2) is 11.4. The van der Waals surface area contributed by atoms with Gasteiger partial charge >= 0.3 is 0 Å². The Kier molecular flexibility index (Phi) is 8.29. The normalized spacial score (nSPS) is 15.4. The lowest BCUT2D eigenvalue weighted by molar-refractivity contribution is -0.128. The number of nitrogens with zero attached hydrogens (tertiary/aromatic N) is 1. The average molecular weight is 426 g/mol. The first-order valence-corrected chi connectivity index (χ1v) is 10.7. The van der Waals surface area contributed by atoms with Crippen LogP contribution in [0.4, 0.5) is 11.4 Å². The van der Waals surface area contributed by atoms with Crippen molar-refractivity contribution in [3.05, 3.63) is 54.1 Å². The summed E-state index contributed by atoms with van der Waals surface area (Å²) in [5.74, 6) is 0.593. The van der Waals surface area contributed by atoms with Gasteiger partial charge in [0.05, 0.1) is 18.3 Å². The van der Waals surface area contributed by atoms with Crippen molar-refractivity contribution in [1.82, 2.24) is 4.90 Å². The van der Waals surface area contributed by atoms with Gasteiger partial charge in [0.25, 0.3) is 0 Å². The smallest absolute Gasteiger partial charge is 0.243 e. The van der Waals surface area contributed by atoms with E-state index in [0.29, 0.717) is 30.9 Å². The molecule has 1 aliphatic heterocycles. The number of aryl methyl sites for hydroxylation is 1. The molecular weight excluding hydrogens is 394 g/mol. The minimum absolute atomic E-state index is 0.110. The monoisotopic (exact) mass is 425 g/mol. The number of hydrogen-bond donors (Lipinski definition) is 2. The zero-order valence-electron chi connectivity index (χ0n) is 18.2. The first-order chi connectivity index (χ1) is 15.0. The van der Waals surface area contributed by atoms with Crippen LogP contribution in [0.15, 0.2) is 48.5 Å². The molecule has 2 N–H and O–H groups in total. The van der Waals surface area contributed by atoms with E-state index in [2.05, 4.69) is 10.6 Å². The maximum Gasteiger partial charge on any atom is 0.243 e. The molecule has 0 saturated carbocycles. The average Bonchev–Trinajstić information content (AvgIpc) is 3.30. The molecule has 1 fully saturated rings. The molecular formula is C24H31N3O4. The van der Waals surface area contributed by atoms with E-state index in [4.69, 9.17) is 9.47 Å². The van der Waals surface area contributed by atoms with E-state index in [0.717, 1.165) is 30.7 Å². The fourth-order valence-electron chi connectivity index (χ4n) is 3.30. The van der Waals surface area contributed by atoms with Crippen LogP contribution < -0.4 is 15.4 Å². The Morgan fingerprint density at radius 2 is 1.90 bits per heavy atom. The Morgan fingerprint density at radius 1 is 1.13 bits per heavy atom. The highest BCUT2D eigenvalue weighted by molar-refractivity contribution is 5.95. The highest BCUT2D eigenvalue weighted by Crippen LogP contribution is 2.25. The van der Waals surface area contributed by atoms with Crippen LogP contribution in [0.5, 0.6) is 5.75 Å². The molecule has 1 aliphatic rings. The maximum absolute atomic E-state index is 12.4. The Hall–Kier alpha value is -3.06. The van der Waals surface area contributed by atoms with Gasteiger partial charge in [0.2, 0.25) is 11.8 Å². The summed E-state index contributed by atoms with van der Waals surface area (Å²) in [6.45, 7) is 1.41. The zero-order chi connectivity index (χ0) is 22.1. The number of nitrogens with one attached hydrogen (secondary N) is 2. The first-order valence-electron chi connectivity index (χ1n) is 10.7. The van der Waals surface area contributed by atoms with Crippen molar-refractivity contribution in [3.8, 4) is 5.75 Å². The number of hydrogen-bond acceptors (Lipinski definition) is 5. The molecule has 1 atom stereocenters. The van der Waals surface area contributed by atoms with E-state index in [1.54, 1.807) is 19.0 Å². The number of carbonyl (C=O) groups is 2. The Bertz CT molecular complexity index is 861. The second-order valence-electron chi connectivity index (χ2n) is 7.83. The summed E-state index contributed by atoms with van der Waals surface area (Å²) in [6.07, 6.45) is 3.36. The van der Waals surface area contributed by atoms with Crippen LogP contribution >= 0.6 is 0 Å². The molecule has 1 heterocycles. The summed E-state index contributed by atoms with van der Waals surface area (Å²) in [5.41, 5.74) is 2.58. The SMILES string of the molecule is CN(C)C(=O)CCc1ccc(NCC(=O)Nc2ccccc2OCC2CCCO2)cc1. The molecule has 31 heavy (non-hydrogen) atoms. The molecule has 0 spiro atoms. The lowest BCUT2D eigenvalue weighted by Gasteiger charge is -2.15. The molecule has 0 radical (unpaired) electrons. The summed E-state index contributed by atoms with van der Waals surface area (Å²) in [4.78, 5) is 25.7. The van der Waals surface area contributed by atoms with Crippen LogP contribution in [-0.2, 0) is 20.7 Å². The summed E-state index contributed by atoms with van der Waals surface area (Å²) < 4.78 is 11.5. The molecule has 2 aromatic carbocycles. The zero-order valence-corrected chi connectivity index (χ0v) is 18.2. The number of para-hydroxylation sites is 2. The van der Waals surface area contributed by atoms with Crippen molar-refractivity contribution in [2.24, 2.45) is 0 Å². The van der Waals surface area contributed by atoms with Gasteiger partial charge < -0.3 is 25.0 Å². The van der Waals surface area contributed by atoms with E-state index in [1.165, 1.54) is 0 Å². The molecule has 0 aliphatic carbocycles. The summed E-state index contributed by atoms with van der Waals surface area (Å²) >= 11 is 0. The maximum atomic E-state index is 12.4. The molecule has 166 valence electrons. The van der Waals surface area contributed by atoms with Gasteiger partial charge in [-0.05, 0) is 49.1 Å². The largest absolute Gasteiger partial charge is 0.489 e. The van der Waals surface area contributed by atoms with Gasteiger partial charge in [-0.1, -0.05) is 24.3 Å². The summed E-state index contributed by atoms with van der Waals surface area (Å²) in [7, 11) is 3.52. The van der Waals surface area contributed by atoms with Gasteiger partial charge in [0.15, 0.2) is 0 Å². The van der Waals surface area contributed by atoms with Crippen molar-refractivity contribution >= 4 is 23.2 Å². The van der Waals surface area contributed by atoms with Gasteiger partial charge in [-0.3, -0.25) is 9.59 Å².